The fourth-order valence-electron chi connectivity index (χ4n) is 6.51. The number of hydrogen-bond acceptors (Lipinski definition) is 3. The molecule has 0 unspecified atom stereocenters. The zero-order chi connectivity index (χ0) is 21.0. The number of methoxy groups -OCH3 is 1. The summed E-state index contributed by atoms with van der Waals surface area (Å²) in [5, 5.41) is 4.56. The maximum absolute atomic E-state index is 13.5. The van der Waals surface area contributed by atoms with Crippen LogP contribution in [-0.4, -0.2) is 22.7 Å². The third-order valence-electron chi connectivity index (χ3n) is 8.21. The highest BCUT2D eigenvalue weighted by molar-refractivity contribution is 6.06. The van der Waals surface area contributed by atoms with Crippen molar-refractivity contribution in [3.63, 3.8) is 0 Å². The van der Waals surface area contributed by atoms with E-state index in [-0.39, 0.29) is 5.41 Å². The summed E-state index contributed by atoms with van der Waals surface area (Å²) in [6.07, 6.45) is 9.51. The predicted molar refractivity (Wildman–Crippen MR) is 119 cm³/mol. The summed E-state index contributed by atoms with van der Waals surface area (Å²) in [5.41, 5.74) is 5.87. The minimum Gasteiger partial charge on any atom is -0.497 e. The van der Waals surface area contributed by atoms with Crippen molar-refractivity contribution < 1.29 is 9.53 Å². The van der Waals surface area contributed by atoms with Crippen LogP contribution in [0.1, 0.15) is 67.8 Å². The molecule has 0 saturated heterocycles. The summed E-state index contributed by atoms with van der Waals surface area (Å²) in [6.45, 7) is 7.22. The number of aryl methyl sites for hydroxylation is 3. The molecular formula is C26H32N2O2. The summed E-state index contributed by atoms with van der Waals surface area (Å²) in [5.74, 6) is 2.97. The molecule has 158 valence electrons. The maximum Gasteiger partial charge on any atom is 0.165 e. The van der Waals surface area contributed by atoms with E-state index >= 15 is 0 Å². The normalized spacial score (nSPS) is 31.4. The van der Waals surface area contributed by atoms with Crippen LogP contribution in [0.4, 0.5) is 0 Å². The molecule has 0 spiro atoms. The average molecular weight is 405 g/mol. The van der Waals surface area contributed by atoms with Gasteiger partial charge in [0.15, 0.2) is 5.78 Å². The Morgan fingerprint density at radius 1 is 1.33 bits per heavy atom. The second-order valence-corrected chi connectivity index (χ2v) is 9.66. The lowest BCUT2D eigenvalue weighted by Crippen LogP contribution is -2.42. The van der Waals surface area contributed by atoms with Gasteiger partial charge in [0, 0.05) is 23.7 Å². The van der Waals surface area contributed by atoms with E-state index in [1.54, 1.807) is 7.11 Å². The lowest BCUT2D eigenvalue weighted by Gasteiger charge is -2.48. The standard InChI is InChI=1S/C26H32N2O2/c1-5-28-15-19(16(2)27-28)12-18-14-24-23-8-6-17-13-20(30-4)7-9-21(17)22(23)10-11-26(24,3)25(18)29/h7,9,12-13,15,22-24H,5-6,8,10-11,14H2,1-4H3/b18-12+/t22-,23-,24-,26-/m1/s1. The molecule has 0 aliphatic heterocycles. The number of benzene rings is 1. The molecule has 2 aromatic rings. The molecule has 0 radical (unpaired) electrons. The molecule has 1 aromatic carbocycles. The second kappa shape index (κ2) is 7.11. The number of ketones is 1. The Morgan fingerprint density at radius 2 is 2.17 bits per heavy atom. The van der Waals surface area contributed by atoms with Gasteiger partial charge in [-0.3, -0.25) is 9.48 Å². The van der Waals surface area contributed by atoms with E-state index < -0.39 is 0 Å². The molecule has 2 saturated carbocycles. The van der Waals surface area contributed by atoms with Crippen LogP contribution in [0.5, 0.6) is 5.75 Å². The minimum atomic E-state index is -0.203. The van der Waals surface area contributed by atoms with Gasteiger partial charge in [0.25, 0.3) is 0 Å². The monoisotopic (exact) mass is 404 g/mol. The van der Waals surface area contributed by atoms with Crippen molar-refractivity contribution in [2.75, 3.05) is 7.11 Å². The lowest BCUT2D eigenvalue weighted by molar-refractivity contribution is -0.127. The van der Waals surface area contributed by atoms with Gasteiger partial charge >= 0.3 is 0 Å². The number of Topliss-reactive ketones (excluding diaryl/α,β-unsaturated/α-hetero) is 1. The van der Waals surface area contributed by atoms with E-state index in [2.05, 4.69) is 49.4 Å². The van der Waals surface area contributed by atoms with E-state index in [0.29, 0.717) is 23.5 Å². The second-order valence-electron chi connectivity index (χ2n) is 9.66. The molecule has 0 bridgehead atoms. The third kappa shape index (κ3) is 2.87. The lowest BCUT2D eigenvalue weighted by atomic mass is 9.55. The molecule has 30 heavy (non-hydrogen) atoms. The number of nitrogens with zero attached hydrogens (tertiary/aromatic N) is 2. The number of ether oxygens (including phenoxy) is 1. The highest BCUT2D eigenvalue weighted by atomic mass is 16.5. The number of rotatable bonds is 3. The first-order valence-corrected chi connectivity index (χ1v) is 11.4. The van der Waals surface area contributed by atoms with Gasteiger partial charge < -0.3 is 4.74 Å². The molecular weight excluding hydrogens is 372 g/mol. The number of carbonyl (C=O) groups is 1. The van der Waals surface area contributed by atoms with E-state index in [1.165, 1.54) is 17.5 Å². The SMILES string of the molecule is CCn1cc(/C=C2\C[C@@H]3[C@@H]4CCc5cc(OC)ccc5[C@H]4CC[C@@]3(C)C2=O)c(C)n1. The number of allylic oxidation sites excluding steroid dienone is 1. The van der Waals surface area contributed by atoms with Crippen molar-refractivity contribution in [2.24, 2.45) is 17.3 Å². The molecule has 0 N–H and O–H groups in total. The minimum absolute atomic E-state index is 0.203. The molecule has 3 aliphatic rings. The first-order valence-electron chi connectivity index (χ1n) is 11.4. The first-order chi connectivity index (χ1) is 14.4. The van der Waals surface area contributed by atoms with Gasteiger partial charge in [0.05, 0.1) is 12.8 Å². The van der Waals surface area contributed by atoms with Crippen molar-refractivity contribution in [2.45, 2.75) is 65.3 Å². The summed E-state index contributed by atoms with van der Waals surface area (Å²) < 4.78 is 7.40. The largest absolute Gasteiger partial charge is 0.497 e. The topological polar surface area (TPSA) is 44.1 Å². The third-order valence-corrected chi connectivity index (χ3v) is 8.21. The zero-order valence-corrected chi connectivity index (χ0v) is 18.6. The Kier molecular flexibility index (Phi) is 4.64. The summed E-state index contributed by atoms with van der Waals surface area (Å²) >= 11 is 0. The van der Waals surface area contributed by atoms with Crippen LogP contribution in [-0.2, 0) is 17.8 Å². The number of aromatic nitrogens is 2. The molecule has 1 aromatic heterocycles. The van der Waals surface area contributed by atoms with Crippen molar-refractivity contribution in [1.82, 2.24) is 9.78 Å². The van der Waals surface area contributed by atoms with Crippen molar-refractivity contribution in [1.29, 1.82) is 0 Å². The van der Waals surface area contributed by atoms with Gasteiger partial charge in [-0.25, -0.2) is 0 Å². The summed E-state index contributed by atoms with van der Waals surface area (Å²) in [6, 6.07) is 6.61. The molecule has 1 heterocycles. The van der Waals surface area contributed by atoms with Crippen molar-refractivity contribution in [3.05, 3.63) is 52.4 Å². The summed E-state index contributed by atoms with van der Waals surface area (Å²) in [4.78, 5) is 13.5. The van der Waals surface area contributed by atoms with Gasteiger partial charge in [0.1, 0.15) is 5.75 Å². The van der Waals surface area contributed by atoms with Crippen LogP contribution in [0.2, 0.25) is 0 Å². The van der Waals surface area contributed by atoms with E-state index in [9.17, 15) is 4.79 Å². The van der Waals surface area contributed by atoms with Crippen LogP contribution < -0.4 is 4.74 Å². The van der Waals surface area contributed by atoms with Crippen LogP contribution in [0, 0.1) is 24.2 Å². The van der Waals surface area contributed by atoms with Gasteiger partial charge in [0.2, 0.25) is 0 Å². The number of hydrogen-bond donors (Lipinski definition) is 0. The fourth-order valence-corrected chi connectivity index (χ4v) is 6.51. The Labute approximate surface area is 179 Å². The molecule has 4 atom stereocenters. The molecule has 2 fully saturated rings. The molecule has 4 heteroatoms. The predicted octanol–water partition coefficient (Wildman–Crippen LogP) is 5.34. The number of fused-ring (bicyclic) bond motifs is 5. The maximum atomic E-state index is 13.5. The highest BCUT2D eigenvalue weighted by Gasteiger charge is 2.56. The Hall–Kier alpha value is -2.36. The zero-order valence-electron chi connectivity index (χ0n) is 18.6. The molecule has 3 aliphatic carbocycles. The van der Waals surface area contributed by atoms with E-state index in [1.807, 2.05) is 11.6 Å². The van der Waals surface area contributed by atoms with Crippen LogP contribution >= 0.6 is 0 Å². The van der Waals surface area contributed by atoms with Gasteiger partial charge in [-0.15, -0.1) is 0 Å². The van der Waals surface area contributed by atoms with Crippen LogP contribution in [0.15, 0.2) is 30.0 Å². The highest BCUT2D eigenvalue weighted by Crippen LogP contribution is 2.60. The Morgan fingerprint density at radius 3 is 2.90 bits per heavy atom. The smallest absolute Gasteiger partial charge is 0.165 e. The number of carbonyl (C=O) groups excluding carboxylic acids is 1. The molecule has 0 amide bonds. The quantitative estimate of drug-likeness (QED) is 0.649. The summed E-state index contributed by atoms with van der Waals surface area (Å²) in [7, 11) is 1.74. The van der Waals surface area contributed by atoms with Gasteiger partial charge in [-0.05, 0) is 98.6 Å². The first kappa shape index (κ1) is 19.6. The Balaban J connectivity index is 1.47. The van der Waals surface area contributed by atoms with Gasteiger partial charge in [-0.2, -0.15) is 5.10 Å². The fraction of sp³-hybridized carbons (Fsp3) is 0.538. The Bertz CT molecular complexity index is 1030. The average Bonchev–Trinajstić information content (AvgIpc) is 3.24. The molecule has 5 rings (SSSR count). The van der Waals surface area contributed by atoms with E-state index in [4.69, 9.17) is 4.74 Å². The van der Waals surface area contributed by atoms with Crippen LogP contribution in [0.25, 0.3) is 6.08 Å². The van der Waals surface area contributed by atoms with Crippen molar-refractivity contribution >= 4 is 11.9 Å². The van der Waals surface area contributed by atoms with Crippen molar-refractivity contribution in [3.8, 4) is 5.75 Å². The van der Waals surface area contributed by atoms with Crippen LogP contribution in [0.3, 0.4) is 0 Å². The molecule has 4 nitrogen and oxygen atoms in total. The van der Waals surface area contributed by atoms with E-state index in [0.717, 1.165) is 54.8 Å². The van der Waals surface area contributed by atoms with Gasteiger partial charge in [-0.1, -0.05) is 13.0 Å².